The molecule has 0 bridgehead atoms. The van der Waals surface area contributed by atoms with Crippen LogP contribution in [0.5, 0.6) is 0 Å². The molecule has 1 aromatic heterocycles. The number of halogens is 1. The molecule has 1 amide bonds. The number of amides is 1. The van der Waals surface area contributed by atoms with E-state index in [9.17, 15) is 13.2 Å². The summed E-state index contributed by atoms with van der Waals surface area (Å²) in [6.07, 6.45) is 3.02. The minimum Gasteiger partial charge on any atom is -0.356 e. The molecule has 0 aliphatic carbocycles. The molecule has 0 saturated carbocycles. The van der Waals surface area contributed by atoms with E-state index >= 15 is 0 Å². The number of nitrogens with one attached hydrogen (secondary N) is 3. The lowest BCUT2D eigenvalue weighted by Crippen LogP contribution is -2.45. The van der Waals surface area contributed by atoms with Gasteiger partial charge >= 0.3 is 0 Å². The first-order valence-electron chi connectivity index (χ1n) is 8.45. The molecule has 1 aromatic rings. The maximum atomic E-state index is 12.4. The van der Waals surface area contributed by atoms with Crippen LogP contribution >= 0.6 is 23.7 Å². The molecule has 1 aliphatic heterocycles. The van der Waals surface area contributed by atoms with Crippen molar-refractivity contribution in [1.82, 2.24) is 15.4 Å². The molecule has 0 spiro atoms. The summed E-state index contributed by atoms with van der Waals surface area (Å²) in [5.74, 6) is 0.379. The zero-order valence-corrected chi connectivity index (χ0v) is 17.2. The highest BCUT2D eigenvalue weighted by atomic mass is 35.5. The first kappa shape index (κ1) is 22.4. The van der Waals surface area contributed by atoms with Gasteiger partial charge in [0.1, 0.15) is 4.21 Å². The predicted octanol–water partition coefficient (Wildman–Crippen LogP) is 1.90. The highest BCUT2D eigenvalue weighted by Gasteiger charge is 2.23. The first-order chi connectivity index (χ1) is 11.4. The molecule has 1 atom stereocenters. The molecule has 1 aliphatic rings. The van der Waals surface area contributed by atoms with Crippen LogP contribution in [0.1, 0.15) is 38.0 Å². The maximum Gasteiger partial charge on any atom is 0.250 e. The molecule has 0 radical (unpaired) electrons. The van der Waals surface area contributed by atoms with Crippen molar-refractivity contribution >= 4 is 39.7 Å². The minimum atomic E-state index is -3.46. The minimum absolute atomic E-state index is 0. The van der Waals surface area contributed by atoms with Crippen LogP contribution in [0.2, 0.25) is 0 Å². The molecule has 144 valence electrons. The Kier molecular flexibility index (Phi) is 9.37. The van der Waals surface area contributed by atoms with Gasteiger partial charge in [0, 0.05) is 30.4 Å². The van der Waals surface area contributed by atoms with E-state index in [0.717, 1.165) is 24.3 Å². The SMILES string of the molecule is CC(C)CC(=O)NCCc1ccc(S(=O)(=O)NC2CCCNC2)s1.Cl. The van der Waals surface area contributed by atoms with Crippen LogP contribution in [0.4, 0.5) is 0 Å². The van der Waals surface area contributed by atoms with Crippen LogP contribution in [0.15, 0.2) is 16.3 Å². The number of sulfonamides is 1. The van der Waals surface area contributed by atoms with Crippen molar-refractivity contribution in [3.63, 3.8) is 0 Å². The second-order valence-corrected chi connectivity index (χ2v) is 9.69. The fourth-order valence-electron chi connectivity index (χ4n) is 2.64. The van der Waals surface area contributed by atoms with Crippen molar-refractivity contribution in [2.75, 3.05) is 19.6 Å². The molecule has 1 fully saturated rings. The molecule has 2 rings (SSSR count). The smallest absolute Gasteiger partial charge is 0.250 e. The quantitative estimate of drug-likeness (QED) is 0.612. The molecule has 9 heteroatoms. The van der Waals surface area contributed by atoms with E-state index in [4.69, 9.17) is 0 Å². The third-order valence-electron chi connectivity index (χ3n) is 3.81. The van der Waals surface area contributed by atoms with Crippen LogP contribution in [0, 0.1) is 5.92 Å². The van der Waals surface area contributed by atoms with Crippen LogP contribution in [-0.2, 0) is 21.2 Å². The second kappa shape index (κ2) is 10.5. The first-order valence-corrected chi connectivity index (χ1v) is 10.8. The Morgan fingerprint density at radius 1 is 1.40 bits per heavy atom. The maximum absolute atomic E-state index is 12.4. The van der Waals surface area contributed by atoms with E-state index in [1.54, 1.807) is 6.07 Å². The topological polar surface area (TPSA) is 87.3 Å². The molecule has 25 heavy (non-hydrogen) atoms. The Morgan fingerprint density at radius 2 is 2.16 bits per heavy atom. The fraction of sp³-hybridized carbons (Fsp3) is 0.688. The number of hydrogen-bond donors (Lipinski definition) is 3. The Hall–Kier alpha value is -0.670. The van der Waals surface area contributed by atoms with Crippen LogP contribution in [-0.4, -0.2) is 40.0 Å². The molecule has 0 aromatic carbocycles. The van der Waals surface area contributed by atoms with Gasteiger partial charge in [-0.25, -0.2) is 13.1 Å². The summed E-state index contributed by atoms with van der Waals surface area (Å²) in [6.45, 7) is 6.17. The van der Waals surface area contributed by atoms with Crippen LogP contribution in [0.3, 0.4) is 0 Å². The molecular formula is C16H28ClN3O3S2. The van der Waals surface area contributed by atoms with Gasteiger partial charge in [0.05, 0.1) is 0 Å². The normalized spacial score (nSPS) is 18.0. The molecule has 1 unspecified atom stereocenters. The summed E-state index contributed by atoms with van der Waals surface area (Å²) < 4.78 is 28.0. The van der Waals surface area contributed by atoms with E-state index in [1.807, 2.05) is 19.9 Å². The van der Waals surface area contributed by atoms with Gasteiger partial charge < -0.3 is 10.6 Å². The van der Waals surface area contributed by atoms with Crippen LogP contribution in [0.25, 0.3) is 0 Å². The zero-order chi connectivity index (χ0) is 17.6. The number of rotatable bonds is 8. The molecule has 3 N–H and O–H groups in total. The number of carbonyl (C=O) groups excluding carboxylic acids is 1. The molecule has 2 heterocycles. The van der Waals surface area contributed by atoms with Gasteiger partial charge in [-0.3, -0.25) is 4.79 Å². The van der Waals surface area contributed by atoms with Crippen molar-refractivity contribution in [2.45, 2.75) is 49.8 Å². The Morgan fingerprint density at radius 3 is 2.80 bits per heavy atom. The number of thiophene rings is 1. The number of carbonyl (C=O) groups is 1. The molecule has 1 saturated heterocycles. The number of piperidine rings is 1. The lowest BCUT2D eigenvalue weighted by atomic mass is 10.1. The van der Waals surface area contributed by atoms with Crippen LogP contribution < -0.4 is 15.4 Å². The average molecular weight is 410 g/mol. The summed E-state index contributed by atoms with van der Waals surface area (Å²) in [5.41, 5.74) is 0. The average Bonchev–Trinajstić information content (AvgIpc) is 2.97. The standard InChI is InChI=1S/C16H27N3O3S2.ClH/c1-12(2)10-15(20)18-9-7-14-5-6-16(23-14)24(21,22)19-13-4-3-8-17-11-13;/h5-6,12-13,17,19H,3-4,7-11H2,1-2H3,(H,18,20);1H. The van der Waals surface area contributed by atoms with Gasteiger partial charge in [-0.2, -0.15) is 0 Å². The highest BCUT2D eigenvalue weighted by molar-refractivity contribution is 7.91. The van der Waals surface area contributed by atoms with Crippen molar-refractivity contribution in [3.8, 4) is 0 Å². The second-order valence-electron chi connectivity index (χ2n) is 6.58. The van der Waals surface area contributed by atoms with Gasteiger partial charge in [0.2, 0.25) is 15.9 Å². The van der Waals surface area contributed by atoms with Crippen molar-refractivity contribution in [1.29, 1.82) is 0 Å². The molecular weight excluding hydrogens is 382 g/mol. The lowest BCUT2D eigenvalue weighted by Gasteiger charge is -2.23. The predicted molar refractivity (Wildman–Crippen MR) is 104 cm³/mol. The highest BCUT2D eigenvalue weighted by Crippen LogP contribution is 2.22. The lowest BCUT2D eigenvalue weighted by molar-refractivity contribution is -0.121. The summed E-state index contributed by atoms with van der Waals surface area (Å²) in [6, 6.07) is 3.44. The summed E-state index contributed by atoms with van der Waals surface area (Å²) in [5, 5.41) is 6.07. The van der Waals surface area contributed by atoms with Crippen molar-refractivity contribution < 1.29 is 13.2 Å². The Bertz CT molecular complexity index is 641. The summed E-state index contributed by atoms with van der Waals surface area (Å²) in [4.78, 5) is 12.6. The summed E-state index contributed by atoms with van der Waals surface area (Å²) >= 11 is 1.27. The van der Waals surface area contributed by atoms with E-state index in [-0.39, 0.29) is 24.4 Å². The Balaban J connectivity index is 0.00000312. The van der Waals surface area contributed by atoms with Gasteiger partial charge in [-0.1, -0.05) is 13.8 Å². The van der Waals surface area contributed by atoms with Crippen molar-refractivity contribution in [3.05, 3.63) is 17.0 Å². The van der Waals surface area contributed by atoms with E-state index < -0.39 is 10.0 Å². The largest absolute Gasteiger partial charge is 0.356 e. The van der Waals surface area contributed by atoms with Gasteiger partial charge in [0.25, 0.3) is 0 Å². The van der Waals surface area contributed by atoms with E-state index in [1.165, 1.54) is 11.3 Å². The monoisotopic (exact) mass is 409 g/mol. The molecule has 6 nitrogen and oxygen atoms in total. The van der Waals surface area contributed by atoms with Gasteiger partial charge in [-0.15, -0.1) is 23.7 Å². The fourth-order valence-corrected chi connectivity index (χ4v) is 5.28. The third kappa shape index (κ3) is 7.62. The van der Waals surface area contributed by atoms with Gasteiger partial charge in [0.15, 0.2) is 0 Å². The van der Waals surface area contributed by atoms with E-state index in [0.29, 0.717) is 36.1 Å². The third-order valence-corrected chi connectivity index (χ3v) is 6.97. The summed E-state index contributed by atoms with van der Waals surface area (Å²) in [7, 11) is -3.46. The number of hydrogen-bond acceptors (Lipinski definition) is 5. The Labute approximate surface area is 160 Å². The van der Waals surface area contributed by atoms with Crippen molar-refractivity contribution in [2.24, 2.45) is 5.92 Å². The zero-order valence-electron chi connectivity index (χ0n) is 14.7. The van der Waals surface area contributed by atoms with E-state index in [2.05, 4.69) is 15.4 Å². The van der Waals surface area contributed by atoms with Gasteiger partial charge in [-0.05, 0) is 43.9 Å².